The molecule has 8 heteroatoms. The highest BCUT2D eigenvalue weighted by Gasteiger charge is 2.58. The Morgan fingerprint density at radius 3 is 2.91 bits per heavy atom. The van der Waals surface area contributed by atoms with Crippen molar-refractivity contribution in [3.8, 4) is 16.9 Å². The van der Waals surface area contributed by atoms with Gasteiger partial charge in [-0.05, 0) is 65.5 Å². The molecule has 2 aliphatic rings. The van der Waals surface area contributed by atoms with Crippen molar-refractivity contribution in [3.05, 3.63) is 66.0 Å². The van der Waals surface area contributed by atoms with E-state index >= 15 is 4.39 Å². The van der Waals surface area contributed by atoms with Gasteiger partial charge < -0.3 is 14.9 Å². The van der Waals surface area contributed by atoms with E-state index < -0.39 is 5.82 Å². The average molecular weight is 494 g/mol. The van der Waals surface area contributed by atoms with Crippen LogP contribution in [-0.2, 0) is 4.79 Å². The van der Waals surface area contributed by atoms with Crippen molar-refractivity contribution in [2.45, 2.75) is 24.9 Å². The molecular weight excluding hydrogens is 473 g/mol. The second-order valence-electron chi connectivity index (χ2n) is 9.12. The molecular formula is C26H21ClFN3O2S. The Labute approximate surface area is 204 Å². The van der Waals surface area contributed by atoms with E-state index in [1.54, 1.807) is 12.1 Å². The van der Waals surface area contributed by atoms with Crippen LogP contribution >= 0.6 is 23.1 Å². The summed E-state index contributed by atoms with van der Waals surface area (Å²) in [6.07, 6.45) is 2.17. The molecule has 0 bridgehead atoms. The summed E-state index contributed by atoms with van der Waals surface area (Å²) in [5.41, 5.74) is 0.750. The summed E-state index contributed by atoms with van der Waals surface area (Å²) in [7, 11) is 0. The van der Waals surface area contributed by atoms with Crippen molar-refractivity contribution in [1.82, 2.24) is 9.27 Å². The van der Waals surface area contributed by atoms with Gasteiger partial charge in [0.2, 0.25) is 5.91 Å². The summed E-state index contributed by atoms with van der Waals surface area (Å²) in [5, 5.41) is 13.6. The molecule has 5 nitrogen and oxygen atoms in total. The van der Waals surface area contributed by atoms with Crippen LogP contribution in [0.2, 0.25) is 5.02 Å². The van der Waals surface area contributed by atoms with Gasteiger partial charge in [0.05, 0.1) is 16.6 Å². The fourth-order valence-electron chi connectivity index (χ4n) is 5.53. The van der Waals surface area contributed by atoms with Gasteiger partial charge in [0.25, 0.3) is 0 Å². The first kappa shape index (κ1) is 21.4. The Bertz CT molecular complexity index is 1520. The van der Waals surface area contributed by atoms with Crippen molar-refractivity contribution in [2.75, 3.05) is 18.0 Å². The molecule has 1 unspecified atom stereocenters. The third-order valence-electron chi connectivity index (χ3n) is 7.39. The average Bonchev–Trinajstić information content (AvgIpc) is 3.33. The standard InChI is InChI=1S/C26H21ClFN3O2S/c1-3-21(33)31-13-20-26(31,2)8-9-30(20)25-18-12-19(27)22(23(28)24(18)29-34-25)17-11-15(32)10-14-6-4-5-7-16(14)17/h3-7,10-12,20,32H,1,8-9,13H2,2H3/t20?,26-/m0/s1. The smallest absolute Gasteiger partial charge is 0.246 e. The van der Waals surface area contributed by atoms with Crippen LogP contribution in [-0.4, -0.2) is 45.0 Å². The highest BCUT2D eigenvalue weighted by molar-refractivity contribution is 7.11. The van der Waals surface area contributed by atoms with Crippen molar-refractivity contribution < 1.29 is 14.3 Å². The van der Waals surface area contributed by atoms with E-state index in [9.17, 15) is 9.90 Å². The Morgan fingerprint density at radius 1 is 1.32 bits per heavy atom. The minimum atomic E-state index is -0.500. The van der Waals surface area contributed by atoms with Crippen LogP contribution in [0.3, 0.4) is 0 Å². The van der Waals surface area contributed by atoms with Crippen LogP contribution in [0.15, 0.2) is 55.1 Å². The third-order valence-corrected chi connectivity index (χ3v) is 8.59. The predicted molar refractivity (Wildman–Crippen MR) is 135 cm³/mol. The number of phenolic OH excluding ortho intramolecular Hbond substituents is 1. The van der Waals surface area contributed by atoms with Crippen molar-refractivity contribution >= 4 is 55.7 Å². The number of nitrogens with zero attached hydrogens (tertiary/aromatic N) is 3. The van der Waals surface area contributed by atoms with E-state index in [1.165, 1.54) is 23.7 Å². The lowest BCUT2D eigenvalue weighted by molar-refractivity contribution is -0.140. The predicted octanol–water partition coefficient (Wildman–Crippen LogP) is 5.98. The molecule has 172 valence electrons. The Hall–Kier alpha value is -3.16. The maximum atomic E-state index is 15.9. The van der Waals surface area contributed by atoms with E-state index in [-0.39, 0.29) is 39.3 Å². The first-order chi connectivity index (χ1) is 16.3. The molecule has 34 heavy (non-hydrogen) atoms. The monoisotopic (exact) mass is 493 g/mol. The minimum absolute atomic E-state index is 0.0446. The number of aromatic nitrogens is 1. The molecule has 1 N–H and O–H groups in total. The molecule has 0 radical (unpaired) electrons. The molecule has 4 aromatic rings. The Kier molecular flexibility index (Phi) is 4.66. The van der Waals surface area contributed by atoms with Crippen molar-refractivity contribution in [2.24, 2.45) is 0 Å². The minimum Gasteiger partial charge on any atom is -0.508 e. The zero-order chi connectivity index (χ0) is 23.8. The Balaban J connectivity index is 1.46. The van der Waals surface area contributed by atoms with Gasteiger partial charge in [-0.25, -0.2) is 4.39 Å². The van der Waals surface area contributed by atoms with Crippen LogP contribution in [0.25, 0.3) is 32.8 Å². The van der Waals surface area contributed by atoms with Gasteiger partial charge in [-0.2, -0.15) is 4.37 Å². The molecule has 0 saturated carbocycles. The first-order valence-electron chi connectivity index (χ1n) is 11.0. The number of halogens is 2. The maximum absolute atomic E-state index is 15.9. The molecule has 2 fully saturated rings. The molecule has 3 heterocycles. The number of aromatic hydroxyl groups is 1. The number of anilines is 1. The number of fused-ring (bicyclic) bond motifs is 3. The van der Waals surface area contributed by atoms with Crippen LogP contribution in [0, 0.1) is 5.82 Å². The normalized spacial score (nSPS) is 21.7. The largest absolute Gasteiger partial charge is 0.508 e. The number of carbonyl (C=O) groups is 1. The van der Waals surface area contributed by atoms with Crippen LogP contribution < -0.4 is 4.90 Å². The van der Waals surface area contributed by atoms with E-state index in [0.29, 0.717) is 17.5 Å². The van der Waals surface area contributed by atoms with Gasteiger partial charge in [0, 0.05) is 24.0 Å². The number of hydrogen-bond acceptors (Lipinski definition) is 5. The van der Waals surface area contributed by atoms with E-state index in [1.807, 2.05) is 29.2 Å². The van der Waals surface area contributed by atoms with E-state index in [2.05, 4.69) is 22.8 Å². The molecule has 2 saturated heterocycles. The summed E-state index contributed by atoms with van der Waals surface area (Å²) in [6, 6.07) is 12.6. The highest BCUT2D eigenvalue weighted by atomic mass is 35.5. The lowest BCUT2D eigenvalue weighted by Crippen LogP contribution is -2.71. The summed E-state index contributed by atoms with van der Waals surface area (Å²) in [5.74, 6) is -0.519. The molecule has 3 aromatic carbocycles. The number of rotatable bonds is 3. The lowest BCUT2D eigenvalue weighted by atomic mass is 9.81. The maximum Gasteiger partial charge on any atom is 0.246 e. The molecule has 2 atom stereocenters. The molecule has 2 aliphatic heterocycles. The number of amides is 1. The van der Waals surface area contributed by atoms with Crippen LogP contribution in [0.4, 0.5) is 9.39 Å². The van der Waals surface area contributed by atoms with Crippen molar-refractivity contribution in [1.29, 1.82) is 0 Å². The molecule has 0 aliphatic carbocycles. The summed E-state index contributed by atoms with van der Waals surface area (Å²) < 4.78 is 20.4. The van der Waals surface area contributed by atoms with Crippen LogP contribution in [0.1, 0.15) is 13.3 Å². The zero-order valence-corrected chi connectivity index (χ0v) is 20.0. The Morgan fingerprint density at radius 2 is 2.12 bits per heavy atom. The topological polar surface area (TPSA) is 56.7 Å². The third kappa shape index (κ3) is 2.83. The fraction of sp³-hybridized carbons (Fsp3) is 0.231. The number of phenols is 1. The lowest BCUT2D eigenvalue weighted by Gasteiger charge is -2.54. The number of hydrogen-bond donors (Lipinski definition) is 1. The van der Waals surface area contributed by atoms with Gasteiger partial charge in [-0.1, -0.05) is 42.4 Å². The second kappa shape index (κ2) is 7.42. The summed E-state index contributed by atoms with van der Waals surface area (Å²) in [4.78, 5) is 16.3. The van der Waals surface area contributed by atoms with E-state index in [4.69, 9.17) is 11.6 Å². The molecule has 1 aromatic heterocycles. The van der Waals surface area contributed by atoms with Gasteiger partial charge in [-0.15, -0.1) is 0 Å². The summed E-state index contributed by atoms with van der Waals surface area (Å²) >= 11 is 7.95. The van der Waals surface area contributed by atoms with Crippen LogP contribution in [0.5, 0.6) is 5.75 Å². The fourth-order valence-corrected chi connectivity index (χ4v) is 6.76. The quantitative estimate of drug-likeness (QED) is 0.357. The van der Waals surface area contributed by atoms with Gasteiger partial charge in [0.15, 0.2) is 5.82 Å². The van der Waals surface area contributed by atoms with Gasteiger partial charge in [-0.3, -0.25) is 4.79 Å². The molecule has 1 amide bonds. The number of benzene rings is 3. The second-order valence-corrected chi connectivity index (χ2v) is 10.3. The molecule has 0 spiro atoms. The van der Waals surface area contributed by atoms with E-state index in [0.717, 1.165) is 28.7 Å². The highest BCUT2D eigenvalue weighted by Crippen LogP contribution is 2.49. The van der Waals surface area contributed by atoms with Gasteiger partial charge >= 0.3 is 0 Å². The number of likely N-dealkylation sites (tertiary alicyclic amines) is 1. The van der Waals surface area contributed by atoms with Gasteiger partial charge in [0.1, 0.15) is 16.3 Å². The SMILES string of the molecule is C=CC(=O)N1CC2N(c3snc4c(F)c(-c5cc(O)cc6ccccc56)c(Cl)cc34)CC[C@@]21C. The first-order valence-corrected chi connectivity index (χ1v) is 12.2. The number of carbonyl (C=O) groups excluding carboxylic acids is 1. The summed E-state index contributed by atoms with van der Waals surface area (Å²) in [6.45, 7) is 7.05. The molecule has 6 rings (SSSR count). The zero-order valence-electron chi connectivity index (χ0n) is 18.4. The van der Waals surface area contributed by atoms with Crippen molar-refractivity contribution in [3.63, 3.8) is 0 Å².